The summed E-state index contributed by atoms with van der Waals surface area (Å²) < 4.78 is 6.35. The van der Waals surface area contributed by atoms with Gasteiger partial charge in [0.2, 0.25) is 0 Å². The van der Waals surface area contributed by atoms with E-state index in [0.717, 1.165) is 9.13 Å². The van der Waals surface area contributed by atoms with Gasteiger partial charge in [-0.05, 0) is 34.7 Å². The van der Waals surface area contributed by atoms with Gasteiger partial charge in [0.25, 0.3) is 0 Å². The van der Waals surface area contributed by atoms with Gasteiger partial charge in [-0.3, -0.25) is 0 Å². The summed E-state index contributed by atoms with van der Waals surface area (Å²) in [5, 5.41) is 9.01. The molecule has 0 aliphatic heterocycles. The number of aliphatic hydroxyl groups is 1. The van der Waals surface area contributed by atoms with Crippen LogP contribution in [0.1, 0.15) is 5.69 Å². The number of aromatic nitrogens is 1. The maximum absolute atomic E-state index is 9.01. The summed E-state index contributed by atoms with van der Waals surface area (Å²) in [6.45, 7) is -0.0999. The first-order valence-corrected chi connectivity index (χ1v) is 5.18. The van der Waals surface area contributed by atoms with E-state index < -0.39 is 0 Å². The molecule has 0 aliphatic rings. The molecule has 0 radical (unpaired) electrons. The SMILES string of the molecule is OCc1ncoc1-c1cccc(I)c1. The maximum atomic E-state index is 9.01. The van der Waals surface area contributed by atoms with Crippen molar-refractivity contribution in [3.05, 3.63) is 39.9 Å². The van der Waals surface area contributed by atoms with E-state index in [0.29, 0.717) is 11.5 Å². The summed E-state index contributed by atoms with van der Waals surface area (Å²) in [4.78, 5) is 3.92. The van der Waals surface area contributed by atoms with Gasteiger partial charge in [0.1, 0.15) is 5.69 Å². The number of nitrogens with zero attached hydrogens (tertiary/aromatic N) is 1. The molecule has 1 aromatic heterocycles. The van der Waals surface area contributed by atoms with Crippen LogP contribution in [-0.2, 0) is 6.61 Å². The first-order chi connectivity index (χ1) is 6.81. The summed E-state index contributed by atoms with van der Waals surface area (Å²) >= 11 is 2.23. The number of hydrogen-bond donors (Lipinski definition) is 1. The predicted molar refractivity (Wildman–Crippen MR) is 60.6 cm³/mol. The number of halogens is 1. The average molecular weight is 301 g/mol. The highest BCUT2D eigenvalue weighted by atomic mass is 127. The first-order valence-electron chi connectivity index (χ1n) is 4.10. The van der Waals surface area contributed by atoms with E-state index >= 15 is 0 Å². The Balaban J connectivity index is 2.49. The van der Waals surface area contributed by atoms with Crippen molar-refractivity contribution in [1.82, 2.24) is 4.98 Å². The zero-order valence-corrected chi connectivity index (χ0v) is 9.43. The van der Waals surface area contributed by atoms with E-state index in [1.807, 2.05) is 24.3 Å². The van der Waals surface area contributed by atoms with E-state index in [9.17, 15) is 0 Å². The van der Waals surface area contributed by atoms with E-state index in [-0.39, 0.29) is 6.61 Å². The zero-order valence-electron chi connectivity index (χ0n) is 7.27. The molecule has 1 aromatic carbocycles. The first kappa shape index (κ1) is 9.67. The van der Waals surface area contributed by atoms with Gasteiger partial charge in [-0.15, -0.1) is 0 Å². The van der Waals surface area contributed by atoms with Crippen LogP contribution in [0.3, 0.4) is 0 Å². The normalized spacial score (nSPS) is 10.4. The van der Waals surface area contributed by atoms with Crippen molar-refractivity contribution in [2.24, 2.45) is 0 Å². The molecule has 4 heteroatoms. The Kier molecular flexibility index (Phi) is 2.83. The molecule has 0 spiro atoms. The number of hydrogen-bond acceptors (Lipinski definition) is 3. The number of aliphatic hydroxyl groups excluding tert-OH is 1. The lowest BCUT2D eigenvalue weighted by molar-refractivity contribution is 0.277. The Bertz CT molecular complexity index is 439. The van der Waals surface area contributed by atoms with Crippen molar-refractivity contribution in [3.63, 3.8) is 0 Å². The Morgan fingerprint density at radius 1 is 1.43 bits per heavy atom. The molecule has 2 aromatic rings. The highest BCUT2D eigenvalue weighted by Gasteiger charge is 2.09. The largest absolute Gasteiger partial charge is 0.443 e. The second-order valence-corrected chi connectivity index (χ2v) is 4.04. The summed E-state index contributed by atoms with van der Waals surface area (Å²) in [7, 11) is 0. The highest BCUT2D eigenvalue weighted by molar-refractivity contribution is 14.1. The molecule has 0 fully saturated rings. The third-order valence-electron chi connectivity index (χ3n) is 1.88. The van der Waals surface area contributed by atoms with Crippen molar-refractivity contribution in [2.75, 3.05) is 0 Å². The summed E-state index contributed by atoms with van der Waals surface area (Å²) in [6.07, 6.45) is 1.35. The molecule has 1 heterocycles. The minimum Gasteiger partial charge on any atom is -0.443 e. The smallest absolute Gasteiger partial charge is 0.181 e. The maximum Gasteiger partial charge on any atom is 0.181 e. The van der Waals surface area contributed by atoms with Crippen LogP contribution < -0.4 is 0 Å². The molecular formula is C10H8INO2. The van der Waals surface area contributed by atoms with Crippen LogP contribution in [-0.4, -0.2) is 10.1 Å². The van der Waals surface area contributed by atoms with Crippen LogP contribution in [0.15, 0.2) is 35.1 Å². The van der Waals surface area contributed by atoms with Crippen molar-refractivity contribution >= 4 is 22.6 Å². The minimum atomic E-state index is -0.0999. The van der Waals surface area contributed by atoms with Crippen LogP contribution in [0.2, 0.25) is 0 Å². The molecule has 1 N–H and O–H groups in total. The fourth-order valence-corrected chi connectivity index (χ4v) is 1.79. The van der Waals surface area contributed by atoms with Crippen molar-refractivity contribution in [2.45, 2.75) is 6.61 Å². The summed E-state index contributed by atoms with van der Waals surface area (Å²) in [5.74, 6) is 0.644. The van der Waals surface area contributed by atoms with Gasteiger partial charge in [-0.25, -0.2) is 4.98 Å². The fourth-order valence-electron chi connectivity index (χ4n) is 1.25. The molecule has 0 saturated carbocycles. The molecule has 3 nitrogen and oxygen atoms in total. The lowest BCUT2D eigenvalue weighted by Crippen LogP contribution is -1.86. The van der Waals surface area contributed by atoms with Gasteiger partial charge < -0.3 is 9.52 Å². The Morgan fingerprint density at radius 2 is 2.29 bits per heavy atom. The molecule has 0 saturated heterocycles. The third kappa shape index (κ3) is 1.80. The topological polar surface area (TPSA) is 46.3 Å². The Morgan fingerprint density at radius 3 is 3.00 bits per heavy atom. The zero-order chi connectivity index (χ0) is 9.97. The molecular weight excluding hydrogens is 293 g/mol. The molecule has 0 atom stereocenters. The summed E-state index contributed by atoms with van der Waals surface area (Å²) in [6, 6.07) is 7.86. The fraction of sp³-hybridized carbons (Fsp3) is 0.100. The standard InChI is InChI=1S/C10H8INO2/c11-8-3-1-2-7(4-8)10-9(5-13)12-6-14-10/h1-4,6,13H,5H2. The molecule has 0 unspecified atom stereocenters. The van der Waals surface area contributed by atoms with Gasteiger partial charge in [0, 0.05) is 9.13 Å². The average Bonchev–Trinajstić information content (AvgIpc) is 2.65. The second kappa shape index (κ2) is 4.10. The van der Waals surface area contributed by atoms with Gasteiger partial charge >= 0.3 is 0 Å². The van der Waals surface area contributed by atoms with Gasteiger partial charge in [0.15, 0.2) is 12.2 Å². The van der Waals surface area contributed by atoms with E-state index in [2.05, 4.69) is 27.6 Å². The second-order valence-electron chi connectivity index (χ2n) is 2.80. The number of oxazole rings is 1. The van der Waals surface area contributed by atoms with E-state index in [1.165, 1.54) is 6.39 Å². The molecule has 14 heavy (non-hydrogen) atoms. The lowest BCUT2D eigenvalue weighted by atomic mass is 10.1. The quantitative estimate of drug-likeness (QED) is 0.867. The third-order valence-corrected chi connectivity index (χ3v) is 2.55. The molecule has 0 aliphatic carbocycles. The van der Waals surface area contributed by atoms with Crippen LogP contribution in [0.25, 0.3) is 11.3 Å². The minimum absolute atomic E-state index is 0.0999. The number of benzene rings is 1. The lowest BCUT2D eigenvalue weighted by Gasteiger charge is -1.98. The van der Waals surface area contributed by atoms with E-state index in [1.54, 1.807) is 0 Å². The molecule has 2 rings (SSSR count). The number of rotatable bonds is 2. The highest BCUT2D eigenvalue weighted by Crippen LogP contribution is 2.24. The van der Waals surface area contributed by atoms with Crippen LogP contribution >= 0.6 is 22.6 Å². The molecule has 72 valence electrons. The van der Waals surface area contributed by atoms with Crippen LogP contribution in [0, 0.1) is 3.57 Å². The van der Waals surface area contributed by atoms with Crippen molar-refractivity contribution in [3.8, 4) is 11.3 Å². The van der Waals surface area contributed by atoms with Gasteiger partial charge in [0.05, 0.1) is 6.61 Å². The van der Waals surface area contributed by atoms with Gasteiger partial charge in [-0.2, -0.15) is 0 Å². The van der Waals surface area contributed by atoms with Crippen molar-refractivity contribution < 1.29 is 9.52 Å². The van der Waals surface area contributed by atoms with E-state index in [4.69, 9.17) is 9.52 Å². The van der Waals surface area contributed by atoms with Gasteiger partial charge in [-0.1, -0.05) is 12.1 Å². The van der Waals surface area contributed by atoms with Crippen LogP contribution in [0.4, 0.5) is 0 Å². The predicted octanol–water partition coefficient (Wildman–Crippen LogP) is 2.44. The molecule has 0 amide bonds. The summed E-state index contributed by atoms with van der Waals surface area (Å²) in [5.41, 5.74) is 1.52. The Labute approximate surface area is 94.9 Å². The van der Waals surface area contributed by atoms with Crippen molar-refractivity contribution in [1.29, 1.82) is 0 Å². The molecule has 0 bridgehead atoms. The Hall–Kier alpha value is -0.880. The van der Waals surface area contributed by atoms with Crippen LogP contribution in [0.5, 0.6) is 0 Å². The monoisotopic (exact) mass is 301 g/mol.